The molecule has 0 aromatic heterocycles. The number of hydrogen-bond donors (Lipinski definition) is 0. The van der Waals surface area contributed by atoms with Gasteiger partial charge in [0, 0.05) is 36.0 Å². The minimum atomic E-state index is 0.146. The number of unbranched alkanes of at least 4 members (excludes halogenated alkanes) is 9. The Bertz CT molecular complexity index is 918. The fourth-order valence-electron chi connectivity index (χ4n) is 4.04. The van der Waals surface area contributed by atoms with Crippen LogP contribution in [0.1, 0.15) is 90.5 Å². The van der Waals surface area contributed by atoms with Crippen LogP contribution in [0.15, 0.2) is 36.4 Å². The summed E-state index contributed by atoms with van der Waals surface area (Å²) in [7, 11) is 0. The van der Waals surface area contributed by atoms with Crippen molar-refractivity contribution in [2.24, 2.45) is 0 Å². The van der Waals surface area contributed by atoms with Crippen molar-refractivity contribution in [2.45, 2.75) is 85.0 Å². The van der Waals surface area contributed by atoms with Crippen LogP contribution in [0.25, 0.3) is 11.1 Å². The monoisotopic (exact) mass is 510 g/mol. The second-order valence-electron chi connectivity index (χ2n) is 9.05. The summed E-state index contributed by atoms with van der Waals surface area (Å²) >= 11 is 0. The Labute approximate surface area is 224 Å². The molecule has 0 saturated carbocycles. The molecule has 2 aromatic rings. The van der Waals surface area contributed by atoms with Crippen molar-refractivity contribution in [2.75, 3.05) is 33.4 Å². The number of terminal acetylenes is 1. The first-order valence-corrected chi connectivity index (χ1v) is 14.0. The summed E-state index contributed by atoms with van der Waals surface area (Å²) in [6.45, 7) is 8.27. The van der Waals surface area contributed by atoms with Gasteiger partial charge in [0.1, 0.15) is 17.2 Å². The minimum Gasteiger partial charge on any atom is -0.493 e. The van der Waals surface area contributed by atoms with E-state index in [0.29, 0.717) is 31.3 Å². The maximum absolute atomic E-state index is 6.06. The van der Waals surface area contributed by atoms with Gasteiger partial charge < -0.3 is 23.7 Å². The first-order chi connectivity index (χ1) is 18.2. The molecule has 204 valence electrons. The molecular weight excluding hydrogens is 464 g/mol. The minimum absolute atomic E-state index is 0.146. The van der Waals surface area contributed by atoms with Gasteiger partial charge in [-0.1, -0.05) is 70.6 Å². The second kappa shape index (κ2) is 19.4. The highest BCUT2D eigenvalue weighted by atomic mass is 16.7. The Kier molecular flexibility index (Phi) is 16.0. The van der Waals surface area contributed by atoms with Crippen molar-refractivity contribution in [3.8, 4) is 40.7 Å². The summed E-state index contributed by atoms with van der Waals surface area (Å²) in [5, 5.41) is 0. The van der Waals surface area contributed by atoms with Crippen LogP contribution in [0, 0.1) is 12.3 Å². The molecule has 37 heavy (non-hydrogen) atoms. The van der Waals surface area contributed by atoms with Crippen LogP contribution in [0.3, 0.4) is 0 Å². The molecule has 0 bridgehead atoms. The van der Waals surface area contributed by atoms with Crippen LogP contribution in [0.2, 0.25) is 0 Å². The summed E-state index contributed by atoms with van der Waals surface area (Å²) < 4.78 is 28.8. The number of rotatable bonds is 21. The largest absolute Gasteiger partial charge is 0.493 e. The van der Waals surface area contributed by atoms with Crippen molar-refractivity contribution in [3.63, 3.8) is 0 Å². The topological polar surface area (TPSA) is 46.2 Å². The van der Waals surface area contributed by atoms with E-state index in [-0.39, 0.29) is 13.6 Å². The molecule has 0 unspecified atom stereocenters. The Morgan fingerprint density at radius 3 is 1.73 bits per heavy atom. The molecule has 0 saturated heterocycles. The molecule has 0 aliphatic heterocycles. The Balaban J connectivity index is 1.98. The Morgan fingerprint density at radius 2 is 1.16 bits per heavy atom. The van der Waals surface area contributed by atoms with Gasteiger partial charge in [-0.25, -0.2) is 0 Å². The Morgan fingerprint density at radius 1 is 0.622 bits per heavy atom. The predicted molar refractivity (Wildman–Crippen MR) is 151 cm³/mol. The van der Waals surface area contributed by atoms with Crippen LogP contribution in [-0.2, 0) is 9.47 Å². The van der Waals surface area contributed by atoms with Crippen LogP contribution in [0.5, 0.6) is 17.2 Å². The standard InChI is InChI=1S/C32H46O5/c1-5-9-10-11-12-13-14-15-16-17-22-35-28-19-21-30(32(24-28)37-26-34-8-4)29-20-18-27(6-2)23-31(29)36-25-33-7-3/h2,18-21,23-24H,5,7-17,22,25-26H2,1,3-4H3. The van der Waals surface area contributed by atoms with Crippen LogP contribution in [0.4, 0.5) is 0 Å². The van der Waals surface area contributed by atoms with Gasteiger partial charge in [0.25, 0.3) is 0 Å². The molecule has 0 atom stereocenters. The number of ether oxygens (including phenoxy) is 5. The van der Waals surface area contributed by atoms with Gasteiger partial charge in [-0.3, -0.25) is 0 Å². The molecule has 5 heteroatoms. The molecule has 0 spiro atoms. The third-order valence-electron chi connectivity index (χ3n) is 6.16. The fraction of sp³-hybridized carbons (Fsp3) is 0.562. The van der Waals surface area contributed by atoms with Crippen LogP contribution >= 0.6 is 0 Å². The number of hydrogen-bond acceptors (Lipinski definition) is 5. The summed E-state index contributed by atoms with van der Waals surface area (Å²) in [6, 6.07) is 11.6. The molecule has 0 aliphatic rings. The van der Waals surface area contributed by atoms with Crippen LogP contribution in [-0.4, -0.2) is 33.4 Å². The highest BCUT2D eigenvalue weighted by Gasteiger charge is 2.15. The van der Waals surface area contributed by atoms with Crippen molar-refractivity contribution in [1.29, 1.82) is 0 Å². The van der Waals surface area contributed by atoms with E-state index in [1.54, 1.807) is 0 Å². The van der Waals surface area contributed by atoms with Crippen molar-refractivity contribution >= 4 is 0 Å². The molecule has 5 nitrogen and oxygen atoms in total. The second-order valence-corrected chi connectivity index (χ2v) is 9.05. The van der Waals surface area contributed by atoms with E-state index < -0.39 is 0 Å². The lowest BCUT2D eigenvalue weighted by atomic mass is 10.0. The van der Waals surface area contributed by atoms with E-state index in [0.717, 1.165) is 28.9 Å². The summed E-state index contributed by atoms with van der Waals surface area (Å²) in [6.07, 6.45) is 18.6. The molecule has 0 aliphatic carbocycles. The van der Waals surface area contributed by atoms with Gasteiger partial charge in [-0.15, -0.1) is 6.42 Å². The maximum Gasteiger partial charge on any atom is 0.189 e. The lowest BCUT2D eigenvalue weighted by molar-refractivity contribution is 0.0213. The lowest BCUT2D eigenvalue weighted by Crippen LogP contribution is -2.06. The molecule has 2 aromatic carbocycles. The van der Waals surface area contributed by atoms with Gasteiger partial charge in [-0.2, -0.15) is 0 Å². The van der Waals surface area contributed by atoms with Gasteiger partial charge in [-0.05, 0) is 50.6 Å². The quantitative estimate of drug-likeness (QED) is 0.0959. The molecule has 0 amide bonds. The molecule has 0 fully saturated rings. The van der Waals surface area contributed by atoms with E-state index in [1.165, 1.54) is 57.8 Å². The fourth-order valence-corrected chi connectivity index (χ4v) is 4.04. The lowest BCUT2D eigenvalue weighted by Gasteiger charge is -2.17. The molecule has 0 heterocycles. The summed E-state index contributed by atoms with van der Waals surface area (Å²) in [5.74, 6) is 4.76. The van der Waals surface area contributed by atoms with E-state index >= 15 is 0 Å². The Hall–Kier alpha value is -2.68. The zero-order chi connectivity index (χ0) is 26.6. The van der Waals surface area contributed by atoms with Gasteiger partial charge in [0.05, 0.1) is 6.61 Å². The van der Waals surface area contributed by atoms with Gasteiger partial charge in [0.15, 0.2) is 13.6 Å². The maximum atomic E-state index is 6.06. The highest BCUT2D eigenvalue weighted by molar-refractivity contribution is 5.77. The zero-order valence-electron chi connectivity index (χ0n) is 23.2. The summed E-state index contributed by atoms with van der Waals surface area (Å²) in [5.41, 5.74) is 2.48. The third kappa shape index (κ3) is 11.9. The van der Waals surface area contributed by atoms with Crippen molar-refractivity contribution < 1.29 is 23.7 Å². The predicted octanol–water partition coefficient (Wildman–Crippen LogP) is 8.38. The summed E-state index contributed by atoms with van der Waals surface area (Å²) in [4.78, 5) is 0. The average molecular weight is 511 g/mol. The SMILES string of the molecule is C#Cc1ccc(-c2ccc(OCCCCCCCCCCCC)cc2OCOCC)c(OCOCC)c1. The molecule has 0 radical (unpaired) electrons. The normalized spacial score (nSPS) is 10.8. The molecular formula is C32H46O5. The third-order valence-corrected chi connectivity index (χ3v) is 6.16. The molecule has 2 rings (SSSR count). The van der Waals surface area contributed by atoms with Gasteiger partial charge >= 0.3 is 0 Å². The number of benzene rings is 2. The van der Waals surface area contributed by atoms with Crippen LogP contribution < -0.4 is 14.2 Å². The van der Waals surface area contributed by atoms with E-state index in [1.807, 2.05) is 50.2 Å². The first kappa shape index (κ1) is 30.5. The first-order valence-electron chi connectivity index (χ1n) is 14.0. The average Bonchev–Trinajstić information content (AvgIpc) is 2.92. The van der Waals surface area contributed by atoms with E-state index in [9.17, 15) is 0 Å². The molecule has 0 N–H and O–H groups in total. The smallest absolute Gasteiger partial charge is 0.189 e. The van der Waals surface area contributed by atoms with Crippen molar-refractivity contribution in [1.82, 2.24) is 0 Å². The van der Waals surface area contributed by atoms with E-state index in [2.05, 4.69) is 12.8 Å². The van der Waals surface area contributed by atoms with Gasteiger partial charge in [0.2, 0.25) is 0 Å². The zero-order valence-corrected chi connectivity index (χ0v) is 23.2. The van der Waals surface area contributed by atoms with E-state index in [4.69, 9.17) is 30.1 Å². The highest BCUT2D eigenvalue weighted by Crippen LogP contribution is 2.39. The van der Waals surface area contributed by atoms with Crippen molar-refractivity contribution in [3.05, 3.63) is 42.0 Å².